The van der Waals surface area contributed by atoms with Gasteiger partial charge in [-0.05, 0) is 31.0 Å². The number of methoxy groups -OCH3 is 1. The largest absolute Gasteiger partial charge is 0.464 e. The number of alkyl halides is 2. The molecule has 5 nitrogen and oxygen atoms in total. The number of hydrogen-bond acceptors (Lipinski definition) is 4. The van der Waals surface area contributed by atoms with Crippen molar-refractivity contribution in [2.75, 3.05) is 7.11 Å². The normalized spacial score (nSPS) is 11.0. The molecule has 1 aromatic carbocycles. The van der Waals surface area contributed by atoms with Gasteiger partial charge in [0, 0.05) is 12.1 Å². The van der Waals surface area contributed by atoms with E-state index in [2.05, 4.69) is 9.72 Å². The lowest BCUT2D eigenvalue weighted by Crippen LogP contribution is -2.08. The van der Waals surface area contributed by atoms with Gasteiger partial charge in [0.25, 0.3) is 0 Å². The highest BCUT2D eigenvalue weighted by atomic mass is 35.5. The summed E-state index contributed by atoms with van der Waals surface area (Å²) in [7, 11) is 1.30. The van der Waals surface area contributed by atoms with Gasteiger partial charge in [0.2, 0.25) is 0 Å². The fourth-order valence-electron chi connectivity index (χ4n) is 2.62. The highest BCUT2D eigenvalue weighted by Gasteiger charge is 2.23. The van der Waals surface area contributed by atoms with E-state index < -0.39 is 12.6 Å². The molecule has 0 saturated heterocycles. The molecule has 0 radical (unpaired) electrons. The molecule has 0 aliphatic heterocycles. The zero-order valence-electron chi connectivity index (χ0n) is 14.2. The van der Waals surface area contributed by atoms with Crippen molar-refractivity contribution in [1.82, 2.24) is 9.55 Å². The average molecular weight is 373 g/mol. The first-order valence-electron chi connectivity index (χ1n) is 7.85. The van der Waals surface area contributed by atoms with Crippen molar-refractivity contribution in [3.8, 4) is 17.1 Å². The zero-order chi connectivity index (χ0) is 18.6. The van der Waals surface area contributed by atoms with Gasteiger partial charge >= 0.3 is 12.6 Å². The maximum absolute atomic E-state index is 12.4. The smallest absolute Gasteiger partial charge is 0.387 e. The number of benzene rings is 1. The first-order valence-corrected chi connectivity index (χ1v) is 8.23. The standard InChI is InChI=1S/C17H19ClF2N2O3/c1-4-8-22-12(5-2)14(16(23)24-3)21-15(22)10-6-7-13(11(18)9-10)25-17(19)20/h6-7,9,17H,4-5,8H2,1-3H3. The Kier molecular flexibility index (Phi) is 6.36. The number of carbonyl (C=O) groups excluding carboxylic acids is 1. The third-order valence-corrected chi connectivity index (χ3v) is 3.93. The van der Waals surface area contributed by atoms with Crippen LogP contribution < -0.4 is 4.74 Å². The molecule has 0 atom stereocenters. The van der Waals surface area contributed by atoms with Crippen LogP contribution in [0.3, 0.4) is 0 Å². The van der Waals surface area contributed by atoms with E-state index in [0.717, 1.165) is 12.1 Å². The van der Waals surface area contributed by atoms with Crippen molar-refractivity contribution < 1.29 is 23.0 Å². The van der Waals surface area contributed by atoms with E-state index in [4.69, 9.17) is 16.3 Å². The molecule has 2 rings (SSSR count). The van der Waals surface area contributed by atoms with Crippen LogP contribution >= 0.6 is 11.6 Å². The third-order valence-electron chi connectivity index (χ3n) is 3.64. The van der Waals surface area contributed by atoms with Gasteiger partial charge in [-0.25, -0.2) is 9.78 Å². The summed E-state index contributed by atoms with van der Waals surface area (Å²) in [6, 6.07) is 4.44. The van der Waals surface area contributed by atoms with Crippen LogP contribution in [0.4, 0.5) is 8.78 Å². The topological polar surface area (TPSA) is 53.4 Å². The number of aromatic nitrogens is 2. The van der Waals surface area contributed by atoms with Crippen LogP contribution in [0.25, 0.3) is 11.4 Å². The van der Waals surface area contributed by atoms with Crippen molar-refractivity contribution in [2.24, 2.45) is 0 Å². The van der Waals surface area contributed by atoms with Gasteiger partial charge in [-0.1, -0.05) is 25.4 Å². The van der Waals surface area contributed by atoms with E-state index in [-0.39, 0.29) is 16.5 Å². The van der Waals surface area contributed by atoms with Crippen molar-refractivity contribution >= 4 is 17.6 Å². The van der Waals surface area contributed by atoms with Gasteiger partial charge in [0.1, 0.15) is 11.6 Å². The Morgan fingerprint density at radius 2 is 2.08 bits per heavy atom. The molecule has 0 spiro atoms. The molecule has 8 heteroatoms. The molecule has 0 saturated carbocycles. The minimum atomic E-state index is -2.96. The van der Waals surface area contributed by atoms with Crippen LogP contribution in [0.15, 0.2) is 18.2 Å². The number of imidazole rings is 1. The summed E-state index contributed by atoms with van der Waals surface area (Å²) in [5, 5.41) is 0.0431. The monoisotopic (exact) mass is 372 g/mol. The Bertz CT molecular complexity index is 763. The molecule has 0 aliphatic rings. The predicted molar refractivity (Wildman–Crippen MR) is 90.3 cm³/mol. The number of nitrogens with zero attached hydrogens (tertiary/aromatic N) is 2. The maximum atomic E-state index is 12.4. The Morgan fingerprint density at radius 1 is 1.36 bits per heavy atom. The number of carbonyl (C=O) groups is 1. The van der Waals surface area contributed by atoms with Crippen molar-refractivity contribution in [3.05, 3.63) is 34.6 Å². The fourth-order valence-corrected chi connectivity index (χ4v) is 2.85. The molecular weight excluding hydrogens is 354 g/mol. The number of hydrogen-bond donors (Lipinski definition) is 0. The second-order valence-corrected chi connectivity index (χ2v) is 5.66. The molecule has 0 unspecified atom stereocenters. The van der Waals surface area contributed by atoms with Crippen LogP contribution in [0, 0.1) is 0 Å². The quantitative estimate of drug-likeness (QED) is 0.668. The molecule has 1 heterocycles. The highest BCUT2D eigenvalue weighted by molar-refractivity contribution is 6.32. The van der Waals surface area contributed by atoms with Crippen molar-refractivity contribution in [1.29, 1.82) is 0 Å². The summed E-state index contributed by atoms with van der Waals surface area (Å²) in [5.74, 6) is -0.0979. The van der Waals surface area contributed by atoms with Gasteiger partial charge in [-0.2, -0.15) is 8.78 Å². The molecule has 136 valence electrons. The number of halogens is 3. The first-order chi connectivity index (χ1) is 11.9. The van der Waals surface area contributed by atoms with Crippen LogP contribution in [0.5, 0.6) is 5.75 Å². The summed E-state index contributed by atoms with van der Waals surface area (Å²) in [6.45, 7) is 1.62. The minimum absolute atomic E-state index is 0.0431. The van der Waals surface area contributed by atoms with Crippen LogP contribution in [0.1, 0.15) is 36.5 Å². The Morgan fingerprint density at radius 3 is 2.60 bits per heavy atom. The second-order valence-electron chi connectivity index (χ2n) is 5.25. The number of rotatable bonds is 7. The van der Waals surface area contributed by atoms with Crippen LogP contribution in [-0.4, -0.2) is 29.2 Å². The molecule has 1 aromatic heterocycles. The van der Waals surface area contributed by atoms with Gasteiger partial charge in [0.15, 0.2) is 5.69 Å². The predicted octanol–water partition coefficient (Wildman–Crippen LogP) is 4.56. The zero-order valence-corrected chi connectivity index (χ0v) is 14.9. The van der Waals surface area contributed by atoms with E-state index in [1.165, 1.54) is 19.2 Å². The van der Waals surface area contributed by atoms with Crippen LogP contribution in [0.2, 0.25) is 5.02 Å². The van der Waals surface area contributed by atoms with Gasteiger partial charge < -0.3 is 14.0 Å². The SMILES string of the molecule is CCCn1c(-c2ccc(OC(F)F)c(Cl)c2)nc(C(=O)OC)c1CC. The molecule has 2 aromatic rings. The molecule has 0 fully saturated rings. The van der Waals surface area contributed by atoms with E-state index in [0.29, 0.717) is 24.4 Å². The summed E-state index contributed by atoms with van der Waals surface area (Å²) in [4.78, 5) is 16.4. The van der Waals surface area contributed by atoms with Crippen LogP contribution in [-0.2, 0) is 17.7 Å². The summed E-state index contributed by atoms with van der Waals surface area (Å²) >= 11 is 6.04. The lowest BCUT2D eigenvalue weighted by atomic mass is 10.2. The summed E-state index contributed by atoms with van der Waals surface area (Å²) in [5.41, 5.74) is 1.61. The van der Waals surface area contributed by atoms with E-state index >= 15 is 0 Å². The maximum Gasteiger partial charge on any atom is 0.387 e. The lowest BCUT2D eigenvalue weighted by Gasteiger charge is -2.12. The average Bonchev–Trinajstić information content (AvgIpc) is 2.94. The highest BCUT2D eigenvalue weighted by Crippen LogP contribution is 2.32. The van der Waals surface area contributed by atoms with E-state index in [1.807, 2.05) is 18.4 Å². The Labute approximate surface area is 149 Å². The molecule has 0 N–H and O–H groups in total. The minimum Gasteiger partial charge on any atom is -0.464 e. The molecular formula is C17H19ClF2N2O3. The number of ether oxygens (including phenoxy) is 2. The Balaban J connectivity index is 2.55. The summed E-state index contributed by atoms with van der Waals surface area (Å²) < 4.78 is 35.8. The third kappa shape index (κ3) is 4.10. The fraction of sp³-hybridized carbons (Fsp3) is 0.412. The van der Waals surface area contributed by atoms with Crippen molar-refractivity contribution in [3.63, 3.8) is 0 Å². The lowest BCUT2D eigenvalue weighted by molar-refractivity contribution is -0.0497. The second kappa shape index (κ2) is 8.29. The molecule has 0 amide bonds. The first kappa shape index (κ1) is 19.2. The molecule has 25 heavy (non-hydrogen) atoms. The van der Waals surface area contributed by atoms with E-state index in [9.17, 15) is 13.6 Å². The van der Waals surface area contributed by atoms with E-state index in [1.54, 1.807) is 6.07 Å². The van der Waals surface area contributed by atoms with Gasteiger partial charge in [-0.3, -0.25) is 0 Å². The van der Waals surface area contributed by atoms with Gasteiger partial charge in [0.05, 0.1) is 17.8 Å². The van der Waals surface area contributed by atoms with Crippen molar-refractivity contribution in [2.45, 2.75) is 39.8 Å². The Hall–Kier alpha value is -2.15. The van der Waals surface area contributed by atoms with Gasteiger partial charge in [-0.15, -0.1) is 0 Å². The number of esters is 1. The molecule has 0 bridgehead atoms. The summed E-state index contributed by atoms with van der Waals surface area (Å²) in [6.07, 6.45) is 1.43. The molecule has 0 aliphatic carbocycles.